The van der Waals surface area contributed by atoms with E-state index in [4.69, 9.17) is 9.47 Å². The van der Waals surface area contributed by atoms with Crippen molar-refractivity contribution in [2.75, 3.05) is 25.6 Å². The second kappa shape index (κ2) is 10.1. The molecule has 1 rings (SSSR count). The molecule has 12 heteroatoms. The lowest BCUT2D eigenvalue weighted by atomic mass is 10.1. The Labute approximate surface area is 176 Å². The Morgan fingerprint density at radius 2 is 1.73 bits per heavy atom. The van der Waals surface area contributed by atoms with E-state index in [-0.39, 0.29) is 27.6 Å². The minimum Gasteiger partial charge on any atom is -0.462 e. The monoisotopic (exact) mass is 454 g/mol. The number of urea groups is 1. The van der Waals surface area contributed by atoms with Crippen molar-refractivity contribution in [1.82, 2.24) is 5.32 Å². The third-order valence-electron chi connectivity index (χ3n) is 3.54. The Morgan fingerprint density at radius 1 is 1.13 bits per heavy atom. The summed E-state index contributed by atoms with van der Waals surface area (Å²) < 4.78 is 52.7. The molecule has 8 nitrogen and oxygen atoms in total. The van der Waals surface area contributed by atoms with Gasteiger partial charge < -0.3 is 19.5 Å². The van der Waals surface area contributed by atoms with Crippen molar-refractivity contribution in [2.45, 2.75) is 52.5 Å². The minimum atomic E-state index is -4.67. The maximum Gasteiger partial charge on any atom is 0.416 e. The smallest absolute Gasteiger partial charge is 0.416 e. The number of halogens is 3. The van der Waals surface area contributed by atoms with Crippen LogP contribution in [0.25, 0.3) is 0 Å². The highest BCUT2D eigenvalue weighted by atomic mass is 32.1. The zero-order chi connectivity index (χ0) is 23.3. The van der Waals surface area contributed by atoms with Gasteiger partial charge in [0.05, 0.1) is 18.7 Å². The summed E-state index contributed by atoms with van der Waals surface area (Å²) in [6.45, 7) is 7.26. The van der Waals surface area contributed by atoms with E-state index in [0.29, 0.717) is 0 Å². The van der Waals surface area contributed by atoms with Crippen molar-refractivity contribution >= 4 is 34.3 Å². The average Bonchev–Trinajstić information content (AvgIpc) is 2.89. The van der Waals surface area contributed by atoms with Gasteiger partial charge in [-0.1, -0.05) is 0 Å². The number of ether oxygens (including phenoxy) is 3. The normalized spacial score (nSPS) is 12.8. The molecule has 0 aliphatic rings. The van der Waals surface area contributed by atoms with Gasteiger partial charge in [0.15, 0.2) is 6.10 Å². The highest BCUT2D eigenvalue weighted by molar-refractivity contribution is 7.18. The van der Waals surface area contributed by atoms with Gasteiger partial charge in [0.25, 0.3) is 0 Å². The third kappa shape index (κ3) is 7.17. The summed E-state index contributed by atoms with van der Waals surface area (Å²) >= 11 is 0.762. The van der Waals surface area contributed by atoms with Gasteiger partial charge in [0.1, 0.15) is 15.5 Å². The number of alkyl halides is 3. The molecule has 1 aromatic heterocycles. The van der Waals surface area contributed by atoms with Crippen LogP contribution in [-0.2, 0) is 14.2 Å². The maximum absolute atomic E-state index is 12.7. The van der Waals surface area contributed by atoms with E-state index in [9.17, 15) is 27.6 Å². The fourth-order valence-electron chi connectivity index (χ4n) is 2.24. The number of carbonyl (C=O) groups is 3. The Balaban J connectivity index is 3.12. The maximum atomic E-state index is 12.7. The van der Waals surface area contributed by atoms with Gasteiger partial charge in [-0.25, -0.2) is 14.4 Å². The number of amides is 2. The molecule has 1 unspecified atom stereocenters. The van der Waals surface area contributed by atoms with E-state index >= 15 is 0 Å². The molecule has 0 aliphatic carbocycles. The molecule has 170 valence electrons. The molecule has 0 aliphatic heterocycles. The molecule has 0 radical (unpaired) electrons. The first kappa shape index (κ1) is 25.7. The topological polar surface area (TPSA) is 103 Å². The number of thiophene rings is 1. The van der Waals surface area contributed by atoms with Gasteiger partial charge in [-0.15, -0.1) is 11.3 Å². The largest absolute Gasteiger partial charge is 0.462 e. The summed E-state index contributed by atoms with van der Waals surface area (Å²) in [4.78, 5) is 36.9. The van der Waals surface area contributed by atoms with Crippen molar-refractivity contribution in [3.05, 3.63) is 16.0 Å². The van der Waals surface area contributed by atoms with Crippen molar-refractivity contribution in [1.29, 1.82) is 0 Å². The average molecular weight is 454 g/mol. The SMILES string of the molecule is CCOC(=O)c1c(NC(=O)NCC(OC)C(F)(F)F)sc(C(=O)OC(C)(C)C)c1C. The third-order valence-corrected chi connectivity index (χ3v) is 4.72. The number of esters is 2. The predicted molar refractivity (Wildman–Crippen MR) is 104 cm³/mol. The lowest BCUT2D eigenvalue weighted by Crippen LogP contribution is -2.43. The molecule has 0 saturated heterocycles. The van der Waals surface area contributed by atoms with E-state index < -0.39 is 42.4 Å². The molecule has 0 aromatic carbocycles. The summed E-state index contributed by atoms with van der Waals surface area (Å²) in [5, 5.41) is 4.27. The van der Waals surface area contributed by atoms with Crippen LogP contribution in [0.3, 0.4) is 0 Å². The molecule has 0 fully saturated rings. The van der Waals surface area contributed by atoms with E-state index in [2.05, 4.69) is 10.1 Å². The van der Waals surface area contributed by atoms with Crippen molar-refractivity contribution in [3.8, 4) is 0 Å². The van der Waals surface area contributed by atoms with Gasteiger partial charge >= 0.3 is 24.1 Å². The molecule has 0 spiro atoms. The standard InChI is InChI=1S/C18H25F3N2O6S/c1-7-28-14(24)11-9(2)12(15(25)29-17(3,4)5)30-13(11)23-16(26)22-8-10(27-6)18(19,20)21/h10H,7-8H2,1-6H3,(H2,22,23,26). The van der Waals surface area contributed by atoms with E-state index in [1.807, 2.05) is 5.32 Å². The Hall–Kier alpha value is -2.34. The lowest BCUT2D eigenvalue weighted by Gasteiger charge is -2.19. The van der Waals surface area contributed by atoms with Crippen LogP contribution in [0.15, 0.2) is 0 Å². The fourth-order valence-corrected chi connectivity index (χ4v) is 3.30. The quantitative estimate of drug-likeness (QED) is 0.606. The number of hydrogen-bond donors (Lipinski definition) is 2. The van der Waals surface area contributed by atoms with Crippen LogP contribution in [0.2, 0.25) is 0 Å². The number of hydrogen-bond acceptors (Lipinski definition) is 7. The first-order valence-electron chi connectivity index (χ1n) is 8.89. The minimum absolute atomic E-state index is 0.0443. The summed E-state index contributed by atoms with van der Waals surface area (Å²) in [6.07, 6.45) is -6.86. The highest BCUT2D eigenvalue weighted by Crippen LogP contribution is 2.35. The second-order valence-corrected chi connectivity index (χ2v) is 8.10. The van der Waals surface area contributed by atoms with Crippen LogP contribution in [0, 0.1) is 6.92 Å². The number of carbonyl (C=O) groups excluding carboxylic acids is 3. The van der Waals surface area contributed by atoms with Gasteiger partial charge in [-0.05, 0) is 40.2 Å². The first-order chi connectivity index (χ1) is 13.7. The first-order valence-corrected chi connectivity index (χ1v) is 9.71. The highest BCUT2D eigenvalue weighted by Gasteiger charge is 2.40. The fraction of sp³-hybridized carbons (Fsp3) is 0.611. The zero-order valence-corrected chi connectivity index (χ0v) is 18.3. The molecular weight excluding hydrogens is 429 g/mol. The molecule has 2 N–H and O–H groups in total. The lowest BCUT2D eigenvalue weighted by molar-refractivity contribution is -0.210. The summed E-state index contributed by atoms with van der Waals surface area (Å²) in [6, 6.07) is -1.01. The van der Waals surface area contributed by atoms with Crippen molar-refractivity contribution < 1.29 is 41.8 Å². The van der Waals surface area contributed by atoms with Crippen LogP contribution >= 0.6 is 11.3 Å². The molecule has 2 amide bonds. The number of rotatable bonds is 7. The van der Waals surface area contributed by atoms with Crippen LogP contribution in [-0.4, -0.2) is 56.1 Å². The second-order valence-electron chi connectivity index (χ2n) is 7.08. The van der Waals surface area contributed by atoms with E-state index in [0.717, 1.165) is 18.4 Å². The van der Waals surface area contributed by atoms with Gasteiger partial charge in [0.2, 0.25) is 0 Å². The van der Waals surface area contributed by atoms with Crippen LogP contribution in [0.1, 0.15) is 53.3 Å². The molecule has 30 heavy (non-hydrogen) atoms. The van der Waals surface area contributed by atoms with Crippen molar-refractivity contribution in [3.63, 3.8) is 0 Å². The molecular formula is C18H25F3N2O6S. The van der Waals surface area contributed by atoms with Gasteiger partial charge in [0, 0.05) is 7.11 Å². The molecule has 1 aromatic rings. The van der Waals surface area contributed by atoms with E-state index in [1.165, 1.54) is 6.92 Å². The Bertz CT molecular complexity index is 786. The zero-order valence-electron chi connectivity index (χ0n) is 17.5. The predicted octanol–water partition coefficient (Wildman–Crippen LogP) is 3.89. The van der Waals surface area contributed by atoms with Crippen LogP contribution in [0.5, 0.6) is 0 Å². The van der Waals surface area contributed by atoms with Crippen LogP contribution in [0.4, 0.5) is 23.0 Å². The number of anilines is 1. The van der Waals surface area contributed by atoms with Gasteiger partial charge in [-0.2, -0.15) is 13.2 Å². The molecule has 0 saturated carbocycles. The molecule has 1 atom stereocenters. The Kier molecular flexibility index (Phi) is 8.66. The van der Waals surface area contributed by atoms with Crippen molar-refractivity contribution in [2.24, 2.45) is 0 Å². The Morgan fingerprint density at radius 3 is 2.20 bits per heavy atom. The number of nitrogens with one attached hydrogen (secondary N) is 2. The molecule has 0 bridgehead atoms. The molecule has 1 heterocycles. The summed E-state index contributed by atoms with van der Waals surface area (Å²) in [5.41, 5.74) is -0.639. The van der Waals surface area contributed by atoms with Crippen LogP contribution < -0.4 is 10.6 Å². The number of methoxy groups -OCH3 is 1. The van der Waals surface area contributed by atoms with E-state index in [1.54, 1.807) is 27.7 Å². The van der Waals surface area contributed by atoms with Gasteiger partial charge in [-0.3, -0.25) is 5.32 Å². The summed E-state index contributed by atoms with van der Waals surface area (Å²) in [5.74, 6) is -1.50. The summed E-state index contributed by atoms with van der Waals surface area (Å²) in [7, 11) is 0.867.